The molecule has 8 rings (SSSR count). The van der Waals surface area contributed by atoms with Crippen molar-refractivity contribution in [2.45, 2.75) is 237 Å². The quantitative estimate of drug-likeness (QED) is 0.0156. The summed E-state index contributed by atoms with van der Waals surface area (Å²) >= 11 is 5.75. The number of ketones is 3. The highest BCUT2D eigenvalue weighted by atomic mass is 32.2. The van der Waals surface area contributed by atoms with E-state index in [1.165, 1.54) is 24.1 Å². The van der Waals surface area contributed by atoms with E-state index in [0.29, 0.717) is 223 Å². The number of piperidine rings is 1. The molecule has 3 fully saturated rings. The van der Waals surface area contributed by atoms with E-state index >= 15 is 0 Å². The molecule has 1 saturated carbocycles. The number of amides is 2. The number of nitrogen functional groups attached to an aromatic ring is 1. The largest absolute Gasteiger partial charge is 0.491 e. The number of thiocarbonyl (C=S) groups is 1. The molecule has 130 heavy (non-hydrogen) atoms. The maximum atomic E-state index is 14.9. The average molecular weight is 1860 g/mol. The number of hydrogen-bond donors (Lipinski definition) is 3. The standard InChI is InChI=1S/C98H146N4O26S2/c1-66-20-14-13-15-21-67(2)85(113-9)62-79-29-25-73(8)98(110,128-79)94(106)96(108)102-36-17-16-23-82(102)97(109)127-87(63-86(114-10)69(4)57-72(7)92(105)93(116-12)91(104)71(6)56-66)70(5)58-74-26-32-84(88(60-74)115-11)126-90(129)24-18-38-117-41-43-119-45-47-121-49-51-123-53-54-124-52-50-122-48-46-120-44-42-118-39-35-78(103)22-19-55-130(111,112)80-30-31-81(68(3)59-80)95(107)101-37-40-125-83-33-27-75(61-77(83)65-101)76-28-34-89(99)100-64-76/h13-15,20-21,27-28,30-31,33-34,57,59,61,64,66,69-71,73-74,79,82,84-88,92-93,105,110H,16-19,22-26,29,32,35-56,58,60,62-63,65H2,1-12H3,(H2,99,100)/b15-13+,20-14+,67-21+,72-57+/t66-,69-,70-,71-,73-,74+,79+,82+,84-,85+,86-,87+,88-,92-,93+,98-/m1/s1. The lowest BCUT2D eigenvalue weighted by Gasteiger charge is -2.43. The second kappa shape index (κ2) is 56.9. The highest BCUT2D eigenvalue weighted by Gasteiger charge is 2.53. The summed E-state index contributed by atoms with van der Waals surface area (Å²) in [4.78, 5) is 91.8. The van der Waals surface area contributed by atoms with Crippen molar-refractivity contribution in [2.24, 2.45) is 35.5 Å². The first-order valence-electron chi connectivity index (χ1n) is 46.4. The lowest BCUT2D eigenvalue weighted by molar-refractivity contribution is -0.265. The predicted molar refractivity (Wildman–Crippen MR) is 495 cm³/mol. The van der Waals surface area contributed by atoms with Gasteiger partial charge in [-0.3, -0.25) is 24.0 Å². The van der Waals surface area contributed by atoms with Gasteiger partial charge in [0.2, 0.25) is 5.79 Å². The van der Waals surface area contributed by atoms with Gasteiger partial charge in [0.25, 0.3) is 17.6 Å². The number of allylic oxidation sites excluding steroid dienone is 5. The number of aryl methyl sites for hydroxylation is 1. The summed E-state index contributed by atoms with van der Waals surface area (Å²) in [5.41, 5.74) is 10.7. The number of fused-ring (bicyclic) bond motifs is 4. The Labute approximate surface area is 775 Å². The number of sulfone groups is 1. The number of aromatic nitrogens is 1. The molecule has 3 aromatic rings. The van der Waals surface area contributed by atoms with Crippen LogP contribution < -0.4 is 10.5 Å². The van der Waals surface area contributed by atoms with E-state index in [0.717, 1.165) is 28.7 Å². The maximum absolute atomic E-state index is 14.9. The lowest BCUT2D eigenvalue weighted by atomic mass is 9.78. The van der Waals surface area contributed by atoms with Crippen LogP contribution in [0.1, 0.15) is 179 Å². The zero-order valence-corrected chi connectivity index (χ0v) is 80.3. The molecule has 4 N–H and O–H groups in total. The van der Waals surface area contributed by atoms with Gasteiger partial charge in [-0.2, -0.15) is 0 Å². The Bertz CT molecular complexity index is 4260. The molecule has 726 valence electrons. The first-order valence-corrected chi connectivity index (χ1v) is 48.5. The van der Waals surface area contributed by atoms with Crippen molar-refractivity contribution in [3.05, 3.63) is 119 Å². The van der Waals surface area contributed by atoms with Crippen molar-refractivity contribution in [3.63, 3.8) is 0 Å². The van der Waals surface area contributed by atoms with Crippen LogP contribution in [-0.4, -0.2) is 294 Å². The minimum atomic E-state index is -3.72. The van der Waals surface area contributed by atoms with Crippen molar-refractivity contribution >= 4 is 68.1 Å². The number of pyridine rings is 1. The Morgan fingerprint density at radius 3 is 1.93 bits per heavy atom. The number of Topliss-reactive ketones (excluding diaryl/α,β-unsaturated/α-hetero) is 3. The number of hydrogen-bond acceptors (Lipinski definition) is 29. The summed E-state index contributed by atoms with van der Waals surface area (Å²) in [5, 5.41) is 24.5. The Morgan fingerprint density at radius 1 is 0.662 bits per heavy atom. The number of methoxy groups -OCH3 is 4. The summed E-state index contributed by atoms with van der Waals surface area (Å²) in [7, 11) is 2.54. The molecule has 16 atom stereocenters. The highest BCUT2D eigenvalue weighted by molar-refractivity contribution is 7.91. The molecule has 4 aliphatic heterocycles. The second-order valence-electron chi connectivity index (χ2n) is 35.0. The summed E-state index contributed by atoms with van der Waals surface area (Å²) in [6, 6.07) is 12.8. The summed E-state index contributed by atoms with van der Waals surface area (Å²) < 4.78 is 121. The van der Waals surface area contributed by atoms with Crippen LogP contribution in [0.4, 0.5) is 5.82 Å². The van der Waals surface area contributed by atoms with Crippen molar-refractivity contribution in [3.8, 4) is 16.9 Å². The highest BCUT2D eigenvalue weighted by Crippen LogP contribution is 2.40. The number of aliphatic hydroxyl groups excluding tert-OH is 1. The number of carbonyl (C=O) groups is 6. The summed E-state index contributed by atoms with van der Waals surface area (Å²) in [6.07, 6.45) is 15.6. The van der Waals surface area contributed by atoms with Gasteiger partial charge in [-0.05, 0) is 193 Å². The summed E-state index contributed by atoms with van der Waals surface area (Å²) in [6.45, 7) is 22.0. The predicted octanol–water partition coefficient (Wildman–Crippen LogP) is 12.1. The topological polar surface area (TPSA) is 370 Å². The number of cyclic esters (lactones) is 1. The molecule has 5 heterocycles. The number of ether oxygens (including phenoxy) is 16. The molecular formula is C98H146N4O26S2. The second-order valence-corrected chi connectivity index (χ2v) is 37.6. The van der Waals surface area contributed by atoms with Crippen molar-refractivity contribution < 1.29 is 123 Å². The van der Waals surface area contributed by atoms with Crippen LogP contribution in [0.25, 0.3) is 11.1 Å². The third-order valence-corrected chi connectivity index (χ3v) is 27.2. The number of benzene rings is 2. The van der Waals surface area contributed by atoms with Crippen LogP contribution in [0.15, 0.2) is 107 Å². The van der Waals surface area contributed by atoms with Gasteiger partial charge in [0, 0.05) is 121 Å². The fraction of sp³-hybridized carbons (Fsp3) is 0.673. The van der Waals surface area contributed by atoms with Crippen LogP contribution in [0.2, 0.25) is 0 Å². The van der Waals surface area contributed by atoms with Gasteiger partial charge in [-0.1, -0.05) is 77.1 Å². The minimum absolute atomic E-state index is 0.0149. The van der Waals surface area contributed by atoms with Gasteiger partial charge < -0.3 is 102 Å². The number of rotatable bonds is 43. The Kier molecular flexibility index (Phi) is 47.3. The van der Waals surface area contributed by atoms with Crippen LogP contribution in [0, 0.1) is 42.4 Å². The molecule has 0 radical (unpaired) electrons. The molecule has 1 aliphatic carbocycles. The number of nitrogens with zero attached hydrogens (tertiary/aromatic N) is 3. The van der Waals surface area contributed by atoms with Gasteiger partial charge in [0.05, 0.1) is 141 Å². The Hall–Kier alpha value is -7.19. The minimum Gasteiger partial charge on any atom is -0.491 e. The third kappa shape index (κ3) is 34.6. The van der Waals surface area contributed by atoms with E-state index in [2.05, 4.69) is 4.98 Å². The molecule has 2 aromatic carbocycles. The van der Waals surface area contributed by atoms with Gasteiger partial charge in [0.1, 0.15) is 54.4 Å². The fourth-order valence-corrected chi connectivity index (χ4v) is 19.0. The number of nitrogens with two attached hydrogens (primary N) is 1. The lowest BCUT2D eigenvalue weighted by Crippen LogP contribution is -2.61. The molecular weight excluding hydrogens is 1710 g/mol. The van der Waals surface area contributed by atoms with Crippen LogP contribution in [0.3, 0.4) is 0 Å². The molecule has 2 saturated heterocycles. The van der Waals surface area contributed by atoms with Gasteiger partial charge in [-0.15, -0.1) is 0 Å². The molecule has 2 bridgehead atoms. The summed E-state index contributed by atoms with van der Waals surface area (Å²) in [5.74, 6) is -6.52. The molecule has 5 aliphatic rings. The van der Waals surface area contributed by atoms with Crippen molar-refractivity contribution in [2.75, 3.05) is 165 Å². The zero-order valence-electron chi connectivity index (χ0n) is 78.6. The number of aliphatic hydroxyl groups is 2. The fourth-order valence-electron chi connectivity index (χ4n) is 17.3. The van der Waals surface area contributed by atoms with E-state index in [4.69, 9.17) is 93.7 Å². The van der Waals surface area contributed by atoms with Gasteiger partial charge in [-0.25, -0.2) is 18.2 Å². The molecule has 0 spiro atoms. The first-order chi connectivity index (χ1) is 62.5. The first kappa shape index (κ1) is 108. The van der Waals surface area contributed by atoms with E-state index in [9.17, 15) is 47.4 Å². The molecule has 1 aromatic heterocycles. The number of carbonyl (C=O) groups excluding carboxylic acids is 6. The van der Waals surface area contributed by atoms with Crippen molar-refractivity contribution in [1.29, 1.82) is 0 Å². The van der Waals surface area contributed by atoms with Crippen LogP contribution >= 0.6 is 12.2 Å². The van der Waals surface area contributed by atoms with E-state index < -0.39 is 87.8 Å². The SMILES string of the molecule is CO[C@H]1C[C@@H]2CC[C@@H](C)[C@@](O)(O2)C(=O)C(=O)N2CCCC[C@H]2C(=O)O[C@H]([C@H](C)C[C@@H]2CC[C@@H](OC(=S)CCCOCCOCCOCCOCCOCCOCCOCCOCCC(=O)CCCS(=O)(=O)c3ccc(C(=O)N4CCOc5ccc(-c6ccc(N)nc6)cc5C4)c(C)c3)[C@H](OC)C2)C[C@@H](OC)[C@H](C)/C=C(\C)[C@@H](O)[C@@H](OC)C(=O)[C@H](C)C[C@H](C)/C=C/C=C/C=C/1C. The maximum Gasteiger partial charge on any atom is 0.329 e. The third-order valence-electron chi connectivity index (χ3n) is 25.1. The van der Waals surface area contributed by atoms with E-state index in [1.54, 1.807) is 65.3 Å². The Balaban J connectivity index is 0.649. The monoisotopic (exact) mass is 1860 g/mol. The van der Waals surface area contributed by atoms with Crippen LogP contribution in [0.5, 0.6) is 5.75 Å². The molecule has 0 unspecified atom stereocenters. The van der Waals surface area contributed by atoms with Crippen LogP contribution in [-0.2, 0) is 111 Å². The normalized spacial score (nSPS) is 27.2. The molecule has 30 nitrogen and oxygen atoms in total. The van der Waals surface area contributed by atoms with E-state index in [-0.39, 0.29) is 109 Å². The molecule has 2 amide bonds. The van der Waals surface area contributed by atoms with E-state index in [1.807, 2.05) is 95.3 Å². The molecule has 32 heteroatoms. The number of anilines is 1. The Morgan fingerprint density at radius 2 is 1.31 bits per heavy atom. The smallest absolute Gasteiger partial charge is 0.329 e. The zero-order chi connectivity index (χ0) is 94.1. The van der Waals surface area contributed by atoms with Crippen molar-refractivity contribution in [1.82, 2.24) is 14.8 Å². The number of esters is 1. The van der Waals surface area contributed by atoms with Gasteiger partial charge >= 0.3 is 5.97 Å². The van der Waals surface area contributed by atoms with Gasteiger partial charge in [0.15, 0.2) is 20.7 Å². The average Bonchev–Trinajstić information content (AvgIpc) is 0.867.